The summed E-state index contributed by atoms with van der Waals surface area (Å²) < 4.78 is 2.73. The lowest BCUT2D eigenvalue weighted by molar-refractivity contribution is -0.118. The molecule has 2 aromatic heterocycles. The minimum atomic E-state index is 0.0721. The van der Waals surface area contributed by atoms with Crippen LogP contribution in [-0.4, -0.2) is 32.5 Å². The molecule has 2 heterocycles. The van der Waals surface area contributed by atoms with E-state index in [4.69, 9.17) is 0 Å². The van der Waals surface area contributed by atoms with Gasteiger partial charge in [-0.25, -0.2) is 9.50 Å². The van der Waals surface area contributed by atoms with Crippen molar-refractivity contribution < 1.29 is 4.79 Å². The summed E-state index contributed by atoms with van der Waals surface area (Å²) in [7, 11) is 1.82. The predicted octanol–water partition coefficient (Wildman–Crippen LogP) is 3.41. The third kappa shape index (κ3) is 3.42. The smallest absolute Gasteiger partial charge is 0.252 e. The average molecular weight is 402 g/mol. The van der Waals surface area contributed by atoms with Crippen LogP contribution >= 0.6 is 15.9 Å². The Kier molecular flexibility index (Phi) is 4.85. The van der Waals surface area contributed by atoms with Crippen molar-refractivity contribution in [1.29, 1.82) is 0 Å². The molecule has 0 spiro atoms. The fraction of sp³-hybridized carbons (Fsp3) is 0.333. The number of benzene rings is 1. The molecule has 0 atom stereocenters. The summed E-state index contributed by atoms with van der Waals surface area (Å²) in [5, 5.41) is 4.19. The van der Waals surface area contributed by atoms with E-state index in [9.17, 15) is 4.79 Å². The standard InChI is InChI=1S/C18H20BrN5O/c1-11-9-14(19)5-7-16(11)23(4)17(25)8-6-15-12(2)22-18-20-10-21-24(18)13(15)3/h5,7,9-10H,6,8H2,1-4H3. The maximum Gasteiger partial charge on any atom is 0.252 e. The van der Waals surface area contributed by atoms with Gasteiger partial charge in [-0.1, -0.05) is 15.9 Å². The highest BCUT2D eigenvalue weighted by atomic mass is 79.9. The van der Waals surface area contributed by atoms with Gasteiger partial charge in [0.2, 0.25) is 5.91 Å². The Hall–Kier alpha value is -2.28. The maximum absolute atomic E-state index is 12.6. The SMILES string of the molecule is Cc1cc(Br)ccc1N(C)C(=O)CCc1c(C)nc2ncnn2c1C. The highest BCUT2D eigenvalue weighted by Gasteiger charge is 2.16. The monoisotopic (exact) mass is 401 g/mol. The summed E-state index contributed by atoms with van der Waals surface area (Å²) in [4.78, 5) is 22.9. The molecule has 6 nitrogen and oxygen atoms in total. The number of aromatic nitrogens is 4. The fourth-order valence-electron chi connectivity index (χ4n) is 3.05. The van der Waals surface area contributed by atoms with Crippen molar-refractivity contribution in [2.45, 2.75) is 33.6 Å². The van der Waals surface area contributed by atoms with E-state index < -0.39 is 0 Å². The first-order valence-electron chi connectivity index (χ1n) is 8.07. The first kappa shape index (κ1) is 17.5. The third-order valence-electron chi connectivity index (χ3n) is 4.47. The Morgan fingerprint density at radius 3 is 2.76 bits per heavy atom. The molecule has 25 heavy (non-hydrogen) atoms. The fourth-order valence-corrected chi connectivity index (χ4v) is 3.52. The van der Waals surface area contributed by atoms with Crippen LogP contribution in [0.1, 0.15) is 28.9 Å². The number of fused-ring (bicyclic) bond motifs is 1. The van der Waals surface area contributed by atoms with Crippen LogP contribution in [0.4, 0.5) is 5.69 Å². The van der Waals surface area contributed by atoms with Crippen LogP contribution in [-0.2, 0) is 11.2 Å². The lowest BCUT2D eigenvalue weighted by Gasteiger charge is -2.20. The van der Waals surface area contributed by atoms with Crippen molar-refractivity contribution in [3.8, 4) is 0 Å². The quantitative estimate of drug-likeness (QED) is 0.671. The lowest BCUT2D eigenvalue weighted by atomic mass is 10.1. The second kappa shape index (κ2) is 6.92. The molecule has 0 saturated heterocycles. The van der Waals surface area contributed by atoms with E-state index in [1.54, 1.807) is 9.42 Å². The molecule has 0 aliphatic carbocycles. The minimum Gasteiger partial charge on any atom is -0.315 e. The van der Waals surface area contributed by atoms with Crippen LogP contribution in [0.5, 0.6) is 0 Å². The summed E-state index contributed by atoms with van der Waals surface area (Å²) in [5.74, 6) is 0.663. The first-order valence-corrected chi connectivity index (χ1v) is 8.86. The van der Waals surface area contributed by atoms with Crippen LogP contribution < -0.4 is 4.90 Å². The van der Waals surface area contributed by atoms with Gasteiger partial charge in [0.05, 0.1) is 0 Å². The van der Waals surface area contributed by atoms with Crippen molar-refractivity contribution in [1.82, 2.24) is 19.6 Å². The summed E-state index contributed by atoms with van der Waals surface area (Å²) >= 11 is 3.45. The zero-order valence-corrected chi connectivity index (χ0v) is 16.3. The number of rotatable bonds is 4. The Morgan fingerprint density at radius 1 is 1.28 bits per heavy atom. The zero-order valence-electron chi connectivity index (χ0n) is 14.7. The molecule has 0 saturated carbocycles. The topological polar surface area (TPSA) is 63.4 Å². The number of hydrogen-bond acceptors (Lipinski definition) is 4. The second-order valence-corrected chi connectivity index (χ2v) is 7.03. The molecular weight excluding hydrogens is 382 g/mol. The number of amides is 1. The maximum atomic E-state index is 12.6. The highest BCUT2D eigenvalue weighted by Crippen LogP contribution is 2.24. The minimum absolute atomic E-state index is 0.0721. The molecular formula is C18H20BrN5O. The van der Waals surface area contributed by atoms with E-state index in [2.05, 4.69) is 31.0 Å². The molecule has 130 valence electrons. The molecule has 3 rings (SSSR count). The predicted molar refractivity (Wildman–Crippen MR) is 101 cm³/mol. The van der Waals surface area contributed by atoms with Gasteiger partial charge in [0, 0.05) is 35.0 Å². The van der Waals surface area contributed by atoms with E-state index in [1.165, 1.54) is 6.33 Å². The number of anilines is 1. The van der Waals surface area contributed by atoms with Crippen molar-refractivity contribution in [2.24, 2.45) is 0 Å². The Bertz CT molecular complexity index is 950. The van der Waals surface area contributed by atoms with Gasteiger partial charge in [0.15, 0.2) is 0 Å². The number of hydrogen-bond donors (Lipinski definition) is 0. The molecule has 0 N–H and O–H groups in total. The summed E-state index contributed by atoms with van der Waals surface area (Å²) in [6.07, 6.45) is 2.53. The van der Waals surface area contributed by atoms with Gasteiger partial charge in [-0.3, -0.25) is 4.79 Å². The van der Waals surface area contributed by atoms with E-state index in [0.29, 0.717) is 18.6 Å². The molecule has 1 aromatic carbocycles. The Labute approximate surface area is 155 Å². The van der Waals surface area contributed by atoms with Crippen LogP contribution in [0, 0.1) is 20.8 Å². The van der Waals surface area contributed by atoms with Crippen LogP contribution in [0.25, 0.3) is 5.78 Å². The molecule has 1 amide bonds. The summed E-state index contributed by atoms with van der Waals surface area (Å²) in [6.45, 7) is 5.93. The van der Waals surface area contributed by atoms with Gasteiger partial charge in [0.1, 0.15) is 6.33 Å². The summed E-state index contributed by atoms with van der Waals surface area (Å²) in [5.41, 5.74) is 4.91. The van der Waals surface area contributed by atoms with Gasteiger partial charge in [0.25, 0.3) is 5.78 Å². The number of carbonyl (C=O) groups is 1. The van der Waals surface area contributed by atoms with Gasteiger partial charge < -0.3 is 4.90 Å². The van der Waals surface area contributed by atoms with Gasteiger partial charge in [-0.2, -0.15) is 10.1 Å². The largest absolute Gasteiger partial charge is 0.315 e. The van der Waals surface area contributed by atoms with Gasteiger partial charge >= 0.3 is 0 Å². The Balaban J connectivity index is 1.78. The molecule has 0 fully saturated rings. The molecule has 0 aliphatic heterocycles. The van der Waals surface area contributed by atoms with Crippen molar-refractivity contribution >= 4 is 33.3 Å². The highest BCUT2D eigenvalue weighted by molar-refractivity contribution is 9.10. The van der Waals surface area contributed by atoms with Gasteiger partial charge in [-0.15, -0.1) is 0 Å². The van der Waals surface area contributed by atoms with Crippen LogP contribution in [0.3, 0.4) is 0 Å². The third-order valence-corrected chi connectivity index (χ3v) is 4.97. The lowest BCUT2D eigenvalue weighted by Crippen LogP contribution is -2.27. The van der Waals surface area contributed by atoms with Crippen molar-refractivity contribution in [3.63, 3.8) is 0 Å². The number of aryl methyl sites for hydroxylation is 3. The van der Waals surface area contributed by atoms with Crippen molar-refractivity contribution in [3.05, 3.63) is 51.5 Å². The number of nitrogens with zero attached hydrogens (tertiary/aromatic N) is 5. The first-order chi connectivity index (χ1) is 11.9. The molecule has 0 bridgehead atoms. The van der Waals surface area contributed by atoms with E-state index in [-0.39, 0.29) is 5.91 Å². The zero-order chi connectivity index (χ0) is 18.1. The number of halogens is 1. The molecule has 3 aromatic rings. The van der Waals surface area contributed by atoms with Crippen molar-refractivity contribution in [2.75, 3.05) is 11.9 Å². The van der Waals surface area contributed by atoms with E-state index >= 15 is 0 Å². The van der Waals surface area contributed by atoms with Gasteiger partial charge in [-0.05, 0) is 56.5 Å². The number of carbonyl (C=O) groups excluding carboxylic acids is 1. The second-order valence-electron chi connectivity index (χ2n) is 6.12. The van der Waals surface area contributed by atoms with E-state index in [1.807, 2.05) is 46.0 Å². The molecule has 0 aliphatic rings. The normalized spacial score (nSPS) is 11.1. The molecule has 7 heteroatoms. The Morgan fingerprint density at radius 2 is 2.04 bits per heavy atom. The van der Waals surface area contributed by atoms with Crippen LogP contribution in [0.2, 0.25) is 0 Å². The molecule has 0 unspecified atom stereocenters. The van der Waals surface area contributed by atoms with E-state index in [0.717, 1.165) is 32.7 Å². The van der Waals surface area contributed by atoms with Crippen LogP contribution in [0.15, 0.2) is 29.0 Å². The average Bonchev–Trinajstić information content (AvgIpc) is 3.02. The summed E-state index contributed by atoms with van der Waals surface area (Å²) in [6, 6.07) is 5.91. The molecule has 0 radical (unpaired) electrons.